The average Bonchev–Trinajstić information content (AvgIpc) is 2.62. The van der Waals surface area contributed by atoms with E-state index >= 15 is 0 Å². The van der Waals surface area contributed by atoms with E-state index in [4.69, 9.17) is 9.47 Å². The number of unbranched alkanes of at least 4 members (excludes halogenated alkanes) is 11. The van der Waals surface area contributed by atoms with E-state index in [9.17, 15) is 9.59 Å². The van der Waals surface area contributed by atoms with Gasteiger partial charge in [-0.1, -0.05) is 84.0 Å². The van der Waals surface area contributed by atoms with Crippen LogP contribution in [0, 0.1) is 5.41 Å². The van der Waals surface area contributed by atoms with Crippen molar-refractivity contribution in [2.45, 2.75) is 111 Å². The molecule has 0 spiro atoms. The molecule has 0 amide bonds. The maximum atomic E-state index is 12.2. The lowest BCUT2D eigenvalue weighted by atomic mass is 9.84. The Bertz CT molecular complexity index is 347. The quantitative estimate of drug-likeness (QED) is 0.173. The Hall–Kier alpha value is -1.06. The molecule has 0 saturated carbocycles. The molecule has 0 saturated heterocycles. The third-order valence-electron chi connectivity index (χ3n) is 4.98. The molecule has 0 unspecified atom stereocenters. The number of rotatable bonds is 17. The van der Waals surface area contributed by atoms with E-state index in [0.717, 1.165) is 19.3 Å². The first kappa shape index (κ1) is 24.9. The van der Waals surface area contributed by atoms with Crippen molar-refractivity contribution in [1.29, 1.82) is 0 Å². The Balaban J connectivity index is 3.89. The summed E-state index contributed by atoms with van der Waals surface area (Å²) < 4.78 is 10.2. The topological polar surface area (TPSA) is 52.6 Å². The van der Waals surface area contributed by atoms with Crippen molar-refractivity contribution < 1.29 is 19.1 Å². The number of esters is 2. The lowest BCUT2D eigenvalue weighted by Crippen LogP contribution is -2.39. The first-order valence-electron chi connectivity index (χ1n) is 10.9. The monoisotopic (exact) mass is 370 g/mol. The van der Waals surface area contributed by atoms with Crippen LogP contribution in [0.4, 0.5) is 0 Å². The minimum absolute atomic E-state index is 0.284. The van der Waals surface area contributed by atoms with Crippen LogP contribution in [0.1, 0.15) is 111 Å². The van der Waals surface area contributed by atoms with E-state index in [1.807, 2.05) is 0 Å². The zero-order valence-corrected chi connectivity index (χ0v) is 17.7. The molecule has 0 aromatic rings. The Kier molecular flexibility index (Phi) is 15.5. The van der Waals surface area contributed by atoms with Gasteiger partial charge < -0.3 is 9.47 Å². The molecule has 0 radical (unpaired) electrons. The van der Waals surface area contributed by atoms with Crippen LogP contribution in [0.15, 0.2) is 0 Å². The molecule has 4 heteroatoms. The number of hydrogen-bond donors (Lipinski definition) is 0. The van der Waals surface area contributed by atoms with Crippen LogP contribution < -0.4 is 0 Å². The molecule has 0 bridgehead atoms. The van der Waals surface area contributed by atoms with Crippen LogP contribution in [0.25, 0.3) is 0 Å². The number of hydrogen-bond acceptors (Lipinski definition) is 4. The highest BCUT2D eigenvalue weighted by Gasteiger charge is 2.43. The van der Waals surface area contributed by atoms with Gasteiger partial charge in [-0.05, 0) is 27.2 Å². The first-order valence-corrected chi connectivity index (χ1v) is 10.9. The van der Waals surface area contributed by atoms with Crippen LogP contribution in [0.3, 0.4) is 0 Å². The van der Waals surface area contributed by atoms with Crippen LogP contribution in [0.5, 0.6) is 0 Å². The van der Waals surface area contributed by atoms with Crippen LogP contribution in [-0.4, -0.2) is 25.2 Å². The van der Waals surface area contributed by atoms with E-state index < -0.39 is 17.4 Å². The molecule has 0 aliphatic carbocycles. The summed E-state index contributed by atoms with van der Waals surface area (Å²) in [5.74, 6) is -0.914. The Labute approximate surface area is 161 Å². The molecule has 0 atom stereocenters. The second-order valence-corrected chi connectivity index (χ2v) is 7.41. The van der Waals surface area contributed by atoms with Crippen molar-refractivity contribution in [3.63, 3.8) is 0 Å². The molecule has 154 valence electrons. The summed E-state index contributed by atoms with van der Waals surface area (Å²) in [6.07, 6.45) is 15.6. The van der Waals surface area contributed by atoms with Gasteiger partial charge in [0.1, 0.15) is 0 Å². The first-order chi connectivity index (χ1) is 12.5. The average molecular weight is 371 g/mol. The molecule has 0 rings (SSSR count). The fourth-order valence-electron chi connectivity index (χ4n) is 3.19. The van der Waals surface area contributed by atoms with Crippen molar-refractivity contribution in [2.24, 2.45) is 5.41 Å². The normalized spacial score (nSPS) is 11.4. The smallest absolute Gasteiger partial charge is 0.323 e. The molecular formula is C22H42O4. The maximum Gasteiger partial charge on any atom is 0.323 e. The van der Waals surface area contributed by atoms with Gasteiger partial charge in [0, 0.05) is 0 Å². The van der Waals surface area contributed by atoms with Crippen LogP contribution in [0.2, 0.25) is 0 Å². The lowest BCUT2D eigenvalue weighted by Gasteiger charge is -2.24. The van der Waals surface area contributed by atoms with E-state index in [1.54, 1.807) is 20.8 Å². The van der Waals surface area contributed by atoms with E-state index in [-0.39, 0.29) is 13.2 Å². The highest BCUT2D eigenvalue weighted by Crippen LogP contribution is 2.28. The Morgan fingerprint density at radius 2 is 0.962 bits per heavy atom. The Morgan fingerprint density at radius 1 is 0.615 bits per heavy atom. The number of carbonyl (C=O) groups excluding carboxylic acids is 2. The summed E-state index contributed by atoms with van der Waals surface area (Å²) in [7, 11) is 0. The van der Waals surface area contributed by atoms with Gasteiger partial charge in [-0.25, -0.2) is 0 Å². The molecule has 0 N–H and O–H groups in total. The second kappa shape index (κ2) is 16.1. The molecule has 0 aliphatic heterocycles. The predicted molar refractivity (Wildman–Crippen MR) is 107 cm³/mol. The summed E-state index contributed by atoms with van der Waals surface area (Å²) in [4.78, 5) is 24.4. The SMILES string of the molecule is CCCCCCCCCCCCCCC(C)(C(=O)OCC)C(=O)OCC. The molecule has 0 heterocycles. The second-order valence-electron chi connectivity index (χ2n) is 7.41. The van der Waals surface area contributed by atoms with E-state index in [0.29, 0.717) is 6.42 Å². The third-order valence-corrected chi connectivity index (χ3v) is 4.98. The summed E-state index contributed by atoms with van der Waals surface area (Å²) in [6.45, 7) is 7.99. The van der Waals surface area contributed by atoms with Gasteiger partial charge in [0.05, 0.1) is 13.2 Å². The fourth-order valence-corrected chi connectivity index (χ4v) is 3.19. The van der Waals surface area contributed by atoms with Gasteiger partial charge >= 0.3 is 11.9 Å². The van der Waals surface area contributed by atoms with Gasteiger partial charge in [0.25, 0.3) is 0 Å². The third kappa shape index (κ3) is 10.8. The van der Waals surface area contributed by atoms with E-state index in [2.05, 4.69) is 6.92 Å². The number of carbonyl (C=O) groups is 2. The Morgan fingerprint density at radius 3 is 1.31 bits per heavy atom. The molecular weight excluding hydrogens is 328 g/mol. The lowest BCUT2D eigenvalue weighted by molar-refractivity contribution is -0.171. The zero-order chi connectivity index (χ0) is 19.7. The summed E-state index contributed by atoms with van der Waals surface area (Å²) >= 11 is 0. The fraction of sp³-hybridized carbons (Fsp3) is 0.909. The predicted octanol–water partition coefficient (Wildman–Crippen LogP) is 6.21. The zero-order valence-electron chi connectivity index (χ0n) is 17.7. The van der Waals surface area contributed by atoms with Gasteiger partial charge in [-0.2, -0.15) is 0 Å². The van der Waals surface area contributed by atoms with Gasteiger partial charge in [-0.3, -0.25) is 9.59 Å². The molecule has 0 aliphatic rings. The summed E-state index contributed by atoms with van der Waals surface area (Å²) in [5, 5.41) is 0. The highest BCUT2D eigenvalue weighted by molar-refractivity contribution is 5.99. The van der Waals surface area contributed by atoms with Crippen LogP contribution >= 0.6 is 0 Å². The standard InChI is InChI=1S/C22H42O4/c1-5-8-9-10-11-12-13-14-15-16-17-18-19-22(4,20(23)25-6-2)21(24)26-7-3/h5-19H2,1-4H3. The summed E-state index contributed by atoms with van der Waals surface area (Å²) in [6, 6.07) is 0. The van der Waals surface area contributed by atoms with Crippen molar-refractivity contribution in [2.75, 3.05) is 13.2 Å². The molecule has 4 nitrogen and oxygen atoms in total. The molecule has 0 fully saturated rings. The van der Waals surface area contributed by atoms with Gasteiger partial charge in [0.2, 0.25) is 0 Å². The highest BCUT2D eigenvalue weighted by atomic mass is 16.6. The molecule has 0 aromatic heterocycles. The van der Waals surface area contributed by atoms with Crippen molar-refractivity contribution >= 4 is 11.9 Å². The van der Waals surface area contributed by atoms with Gasteiger partial charge in [0.15, 0.2) is 5.41 Å². The van der Waals surface area contributed by atoms with Crippen LogP contribution in [-0.2, 0) is 19.1 Å². The largest absolute Gasteiger partial charge is 0.465 e. The minimum atomic E-state index is -1.16. The number of ether oxygens (including phenoxy) is 2. The van der Waals surface area contributed by atoms with Gasteiger partial charge in [-0.15, -0.1) is 0 Å². The molecule has 26 heavy (non-hydrogen) atoms. The molecule has 0 aromatic carbocycles. The maximum absolute atomic E-state index is 12.2. The summed E-state index contributed by atoms with van der Waals surface area (Å²) in [5.41, 5.74) is -1.16. The van der Waals surface area contributed by atoms with Crippen molar-refractivity contribution in [1.82, 2.24) is 0 Å². The van der Waals surface area contributed by atoms with Crippen molar-refractivity contribution in [3.8, 4) is 0 Å². The van der Waals surface area contributed by atoms with E-state index in [1.165, 1.54) is 57.8 Å². The minimum Gasteiger partial charge on any atom is -0.465 e. The van der Waals surface area contributed by atoms with Crippen molar-refractivity contribution in [3.05, 3.63) is 0 Å².